The quantitative estimate of drug-likeness (QED) is 0.366. The van der Waals surface area contributed by atoms with Crippen molar-refractivity contribution >= 4 is 34.0 Å². The van der Waals surface area contributed by atoms with Gasteiger partial charge in [-0.15, -0.1) is 0 Å². The third-order valence-electron chi connectivity index (χ3n) is 4.44. The number of ether oxygens (including phenoxy) is 2. The van der Waals surface area contributed by atoms with Gasteiger partial charge in [0.2, 0.25) is 5.43 Å². The molecule has 0 aliphatic rings. The number of alkyl carbamates (subject to hydrolysis) is 1. The molecule has 3 aromatic rings. The highest BCUT2D eigenvalue weighted by atomic mass is 16.6. The van der Waals surface area contributed by atoms with Gasteiger partial charge in [0.05, 0.1) is 5.39 Å². The Morgan fingerprint density at radius 2 is 1.77 bits per heavy atom. The lowest BCUT2D eigenvalue weighted by atomic mass is 10.1. The number of hydrogen-bond donors (Lipinski definition) is 2. The van der Waals surface area contributed by atoms with E-state index in [1.807, 2.05) is 0 Å². The van der Waals surface area contributed by atoms with E-state index in [9.17, 15) is 19.5 Å². The molecule has 2 aromatic carbocycles. The summed E-state index contributed by atoms with van der Waals surface area (Å²) in [5, 5.41) is 13.2. The number of phenols is 1. The van der Waals surface area contributed by atoms with Crippen molar-refractivity contribution in [3.05, 3.63) is 46.6 Å². The number of phenolic OH excluding ortho intramolecular Hbond substituents is 1. The van der Waals surface area contributed by atoms with Gasteiger partial charge >= 0.3 is 12.1 Å². The zero-order valence-corrected chi connectivity index (χ0v) is 18.0. The van der Waals surface area contributed by atoms with Gasteiger partial charge in [-0.2, -0.15) is 0 Å². The van der Waals surface area contributed by atoms with Crippen molar-refractivity contribution < 1.29 is 28.6 Å². The van der Waals surface area contributed by atoms with Gasteiger partial charge in [0.1, 0.15) is 39.7 Å². The molecule has 0 aliphatic heterocycles. The summed E-state index contributed by atoms with van der Waals surface area (Å²) < 4.78 is 16.3. The fourth-order valence-corrected chi connectivity index (χ4v) is 3.05. The molecule has 0 bridgehead atoms. The van der Waals surface area contributed by atoms with E-state index < -0.39 is 23.7 Å². The molecule has 1 heterocycles. The summed E-state index contributed by atoms with van der Waals surface area (Å²) in [5.74, 6) is -1.44. The second-order valence-corrected chi connectivity index (χ2v) is 8.53. The predicted octanol–water partition coefficient (Wildman–Crippen LogP) is 4.11. The van der Waals surface area contributed by atoms with Crippen LogP contribution in [0, 0.1) is 5.92 Å². The summed E-state index contributed by atoms with van der Waals surface area (Å²) in [5.41, 5.74) is -0.693. The van der Waals surface area contributed by atoms with Crippen LogP contribution >= 0.6 is 0 Å². The van der Waals surface area contributed by atoms with E-state index in [0.717, 1.165) is 6.07 Å². The van der Waals surface area contributed by atoms with Gasteiger partial charge in [-0.1, -0.05) is 26.0 Å². The Morgan fingerprint density at radius 1 is 1.10 bits per heavy atom. The van der Waals surface area contributed by atoms with Crippen molar-refractivity contribution in [3.63, 3.8) is 0 Å². The van der Waals surface area contributed by atoms with Gasteiger partial charge < -0.3 is 24.3 Å². The highest BCUT2D eigenvalue weighted by Gasteiger charge is 2.29. The number of aromatic hydroxyl groups is 1. The Bertz CT molecular complexity index is 1200. The van der Waals surface area contributed by atoms with Crippen LogP contribution in [0.5, 0.6) is 11.5 Å². The van der Waals surface area contributed by atoms with Crippen LogP contribution in [0.1, 0.15) is 34.6 Å². The molecule has 0 aliphatic carbocycles. The molecule has 3 rings (SSSR count). The first-order valence-corrected chi connectivity index (χ1v) is 9.86. The molecule has 0 fully saturated rings. The van der Waals surface area contributed by atoms with E-state index in [4.69, 9.17) is 13.9 Å². The Kier molecular flexibility index (Phi) is 5.92. The molecule has 0 radical (unpaired) electrons. The number of esters is 1. The molecular weight excluding hydrogens is 402 g/mol. The monoisotopic (exact) mass is 427 g/mol. The fraction of sp³-hybridized carbons (Fsp3) is 0.348. The Labute approximate surface area is 178 Å². The van der Waals surface area contributed by atoms with E-state index in [1.165, 1.54) is 6.07 Å². The summed E-state index contributed by atoms with van der Waals surface area (Å²) in [6, 6.07) is 8.17. The Morgan fingerprint density at radius 3 is 2.42 bits per heavy atom. The van der Waals surface area contributed by atoms with E-state index in [-0.39, 0.29) is 33.8 Å². The minimum absolute atomic E-state index is 0.00853. The topological polar surface area (TPSA) is 115 Å². The zero-order chi connectivity index (χ0) is 22.9. The van der Waals surface area contributed by atoms with Crippen LogP contribution in [0.15, 0.2) is 45.6 Å². The number of nitrogens with one attached hydrogen (secondary N) is 1. The molecule has 1 amide bonds. The van der Waals surface area contributed by atoms with Crippen molar-refractivity contribution in [2.24, 2.45) is 5.92 Å². The predicted molar refractivity (Wildman–Crippen MR) is 115 cm³/mol. The summed E-state index contributed by atoms with van der Waals surface area (Å²) >= 11 is 0. The molecule has 2 N–H and O–H groups in total. The molecule has 1 aromatic heterocycles. The van der Waals surface area contributed by atoms with Crippen LogP contribution < -0.4 is 15.5 Å². The number of rotatable bonds is 4. The third kappa shape index (κ3) is 4.96. The fourth-order valence-electron chi connectivity index (χ4n) is 3.05. The highest BCUT2D eigenvalue weighted by Crippen LogP contribution is 2.30. The smallest absolute Gasteiger partial charge is 0.408 e. The van der Waals surface area contributed by atoms with Crippen LogP contribution in [0.25, 0.3) is 21.9 Å². The maximum Gasteiger partial charge on any atom is 0.408 e. The second-order valence-electron chi connectivity index (χ2n) is 8.53. The molecule has 0 saturated heterocycles. The number of hydrogen-bond acceptors (Lipinski definition) is 7. The maximum atomic E-state index is 12.7. The number of carbonyl (C=O) groups excluding carboxylic acids is 2. The van der Waals surface area contributed by atoms with Crippen LogP contribution in [0.3, 0.4) is 0 Å². The van der Waals surface area contributed by atoms with Gasteiger partial charge in [-0.3, -0.25) is 4.79 Å². The van der Waals surface area contributed by atoms with Crippen LogP contribution in [0.2, 0.25) is 0 Å². The first-order chi connectivity index (χ1) is 14.5. The second kappa shape index (κ2) is 8.29. The average Bonchev–Trinajstić information content (AvgIpc) is 2.64. The van der Waals surface area contributed by atoms with E-state index >= 15 is 0 Å². The number of carbonyl (C=O) groups is 2. The number of benzene rings is 2. The van der Waals surface area contributed by atoms with Crippen molar-refractivity contribution in [1.29, 1.82) is 0 Å². The van der Waals surface area contributed by atoms with E-state index in [2.05, 4.69) is 5.32 Å². The number of amides is 1. The standard InChI is InChI=1S/C23H25NO7/c1-12(2)19(24-22(28)31-23(3,4)5)21(27)29-13-10-15(25)18-17(11-13)30-16-9-7-6-8-14(16)20(18)26/h6-12,19,25H,1-5H3,(H,24,28). The summed E-state index contributed by atoms with van der Waals surface area (Å²) in [6.45, 7) is 8.62. The molecule has 164 valence electrons. The SMILES string of the molecule is CC(C)C(NC(=O)OC(C)(C)C)C(=O)Oc1cc(O)c2c(=O)c3ccccc3oc2c1. The third-order valence-corrected chi connectivity index (χ3v) is 4.44. The molecule has 1 unspecified atom stereocenters. The first kappa shape index (κ1) is 22.1. The lowest BCUT2D eigenvalue weighted by molar-refractivity contribution is -0.137. The maximum absolute atomic E-state index is 12.7. The lowest BCUT2D eigenvalue weighted by Crippen LogP contribution is -2.48. The molecule has 8 heteroatoms. The first-order valence-electron chi connectivity index (χ1n) is 9.86. The molecule has 31 heavy (non-hydrogen) atoms. The lowest BCUT2D eigenvalue weighted by Gasteiger charge is -2.24. The van der Waals surface area contributed by atoms with Gasteiger partial charge in [0, 0.05) is 12.1 Å². The van der Waals surface area contributed by atoms with Crippen molar-refractivity contribution in [3.8, 4) is 11.5 Å². The number of fused-ring (bicyclic) bond motifs is 2. The largest absolute Gasteiger partial charge is 0.507 e. The molecule has 0 spiro atoms. The number of para-hydroxylation sites is 1. The van der Waals surface area contributed by atoms with Crippen molar-refractivity contribution in [1.82, 2.24) is 5.32 Å². The minimum Gasteiger partial charge on any atom is -0.507 e. The summed E-state index contributed by atoms with van der Waals surface area (Å²) in [6.07, 6.45) is -0.748. The van der Waals surface area contributed by atoms with E-state index in [0.29, 0.717) is 11.0 Å². The highest BCUT2D eigenvalue weighted by molar-refractivity contribution is 5.94. The molecule has 0 saturated carbocycles. The Hall–Kier alpha value is -3.55. The molecule has 1 atom stereocenters. The van der Waals surface area contributed by atoms with Crippen molar-refractivity contribution in [2.45, 2.75) is 46.3 Å². The zero-order valence-electron chi connectivity index (χ0n) is 18.0. The van der Waals surface area contributed by atoms with E-state index in [1.54, 1.807) is 58.9 Å². The Balaban J connectivity index is 1.90. The van der Waals surface area contributed by atoms with Crippen LogP contribution in [-0.4, -0.2) is 28.8 Å². The van der Waals surface area contributed by atoms with Gasteiger partial charge in [0.25, 0.3) is 0 Å². The van der Waals surface area contributed by atoms with Gasteiger partial charge in [0.15, 0.2) is 0 Å². The van der Waals surface area contributed by atoms with Crippen molar-refractivity contribution in [2.75, 3.05) is 0 Å². The summed E-state index contributed by atoms with van der Waals surface area (Å²) in [7, 11) is 0. The molecule has 8 nitrogen and oxygen atoms in total. The van der Waals surface area contributed by atoms with Gasteiger partial charge in [-0.25, -0.2) is 9.59 Å². The van der Waals surface area contributed by atoms with Crippen LogP contribution in [0.4, 0.5) is 4.79 Å². The van der Waals surface area contributed by atoms with Crippen LogP contribution in [-0.2, 0) is 9.53 Å². The minimum atomic E-state index is -0.990. The summed E-state index contributed by atoms with van der Waals surface area (Å²) in [4.78, 5) is 37.5. The van der Waals surface area contributed by atoms with Gasteiger partial charge in [-0.05, 0) is 38.8 Å². The average molecular weight is 427 g/mol. The molecular formula is C23H25NO7. The normalized spacial score (nSPS) is 12.7.